The first kappa shape index (κ1) is 15.3. The van der Waals surface area contributed by atoms with Crippen LogP contribution in [0.1, 0.15) is 10.4 Å². The van der Waals surface area contributed by atoms with E-state index in [-0.39, 0.29) is 16.2 Å². The summed E-state index contributed by atoms with van der Waals surface area (Å²) in [4.78, 5) is 11.3. The van der Waals surface area contributed by atoms with E-state index in [4.69, 9.17) is 21.4 Å². The fourth-order valence-corrected chi connectivity index (χ4v) is 2.43. The molecule has 21 heavy (non-hydrogen) atoms. The molecule has 0 aliphatic carbocycles. The van der Waals surface area contributed by atoms with Crippen LogP contribution in [-0.4, -0.2) is 25.7 Å². The molecule has 2 aromatic carbocycles. The molecule has 2 aromatic rings. The number of ether oxygens (including phenoxy) is 1. The van der Waals surface area contributed by atoms with Gasteiger partial charge in [-0.3, -0.25) is 0 Å². The van der Waals surface area contributed by atoms with Gasteiger partial charge < -0.3 is 9.84 Å². The zero-order valence-corrected chi connectivity index (χ0v) is 12.5. The molecule has 5 nitrogen and oxygen atoms in total. The molecule has 1 N–H and O–H groups in total. The smallest absolute Gasteiger partial charge is 0.339 e. The Morgan fingerprint density at radius 1 is 1.14 bits per heavy atom. The topological polar surface area (TPSA) is 80.7 Å². The first-order valence-electron chi connectivity index (χ1n) is 5.78. The summed E-state index contributed by atoms with van der Waals surface area (Å²) in [6, 6.07) is 9.84. The van der Waals surface area contributed by atoms with Crippen molar-refractivity contribution in [3.8, 4) is 11.5 Å². The van der Waals surface area contributed by atoms with Gasteiger partial charge in [0.1, 0.15) is 17.1 Å². The van der Waals surface area contributed by atoms with Gasteiger partial charge in [0.25, 0.3) is 0 Å². The minimum absolute atomic E-state index is 0.0356. The molecule has 0 bridgehead atoms. The van der Waals surface area contributed by atoms with Crippen LogP contribution in [0.2, 0.25) is 5.02 Å². The standard InChI is InChI=1S/C14H11ClO5S/c1-21(18,19)11-5-3-10(4-6-11)20-13-8-9(15)2-7-12(13)14(16)17/h2-8H,1H3,(H,16,17). The van der Waals surface area contributed by atoms with E-state index >= 15 is 0 Å². The lowest BCUT2D eigenvalue weighted by Crippen LogP contribution is -2.00. The molecule has 0 fully saturated rings. The Morgan fingerprint density at radius 3 is 2.29 bits per heavy atom. The normalized spacial score (nSPS) is 11.1. The highest BCUT2D eigenvalue weighted by atomic mass is 35.5. The molecule has 2 rings (SSSR count). The summed E-state index contributed by atoms with van der Waals surface area (Å²) in [5.41, 5.74) is -0.0356. The van der Waals surface area contributed by atoms with E-state index < -0.39 is 15.8 Å². The molecule has 110 valence electrons. The highest BCUT2D eigenvalue weighted by Gasteiger charge is 2.13. The van der Waals surface area contributed by atoms with E-state index in [1.54, 1.807) is 0 Å². The van der Waals surface area contributed by atoms with Crippen LogP contribution in [0.15, 0.2) is 47.4 Å². The van der Waals surface area contributed by atoms with E-state index in [0.29, 0.717) is 10.8 Å². The monoisotopic (exact) mass is 326 g/mol. The number of halogens is 1. The summed E-state index contributed by atoms with van der Waals surface area (Å²) in [5.74, 6) is -0.747. The summed E-state index contributed by atoms with van der Waals surface area (Å²) in [6.45, 7) is 0. The Bertz CT molecular complexity index is 782. The van der Waals surface area contributed by atoms with Gasteiger partial charge in [0.2, 0.25) is 0 Å². The lowest BCUT2D eigenvalue weighted by molar-refractivity contribution is 0.0694. The fraction of sp³-hybridized carbons (Fsp3) is 0.0714. The van der Waals surface area contributed by atoms with Gasteiger partial charge in [-0.25, -0.2) is 13.2 Å². The van der Waals surface area contributed by atoms with Gasteiger partial charge in [-0.15, -0.1) is 0 Å². The molecule has 0 saturated heterocycles. The summed E-state index contributed by atoms with van der Waals surface area (Å²) >= 11 is 5.82. The third-order valence-corrected chi connectivity index (χ3v) is 4.02. The van der Waals surface area contributed by atoms with Gasteiger partial charge >= 0.3 is 5.97 Å². The van der Waals surface area contributed by atoms with Crippen molar-refractivity contribution in [2.75, 3.05) is 6.26 Å². The second-order valence-electron chi connectivity index (χ2n) is 4.29. The van der Waals surface area contributed by atoms with E-state index in [1.807, 2.05) is 0 Å². The van der Waals surface area contributed by atoms with E-state index in [2.05, 4.69) is 0 Å². The van der Waals surface area contributed by atoms with Crippen LogP contribution in [0, 0.1) is 0 Å². The first-order valence-corrected chi connectivity index (χ1v) is 8.05. The second kappa shape index (κ2) is 5.75. The fourth-order valence-electron chi connectivity index (χ4n) is 1.64. The molecular formula is C14H11ClO5S. The minimum atomic E-state index is -3.29. The highest BCUT2D eigenvalue weighted by molar-refractivity contribution is 7.90. The van der Waals surface area contributed by atoms with Gasteiger partial charge in [0, 0.05) is 17.3 Å². The van der Waals surface area contributed by atoms with Gasteiger partial charge in [-0.2, -0.15) is 0 Å². The minimum Gasteiger partial charge on any atom is -0.478 e. The summed E-state index contributed by atoms with van der Waals surface area (Å²) in [5, 5.41) is 9.42. The molecule has 0 aliphatic heterocycles. The van der Waals surface area contributed by atoms with Crippen molar-refractivity contribution in [2.45, 2.75) is 4.90 Å². The summed E-state index contributed by atoms with van der Waals surface area (Å²) < 4.78 is 28.2. The number of hydrogen-bond acceptors (Lipinski definition) is 4. The molecule has 0 radical (unpaired) electrons. The highest BCUT2D eigenvalue weighted by Crippen LogP contribution is 2.29. The Kier molecular flexibility index (Phi) is 4.20. The molecule has 7 heteroatoms. The van der Waals surface area contributed by atoms with E-state index in [1.165, 1.54) is 42.5 Å². The molecule has 0 spiro atoms. The van der Waals surface area contributed by atoms with Crippen molar-refractivity contribution in [3.63, 3.8) is 0 Å². The van der Waals surface area contributed by atoms with Crippen LogP contribution in [-0.2, 0) is 9.84 Å². The van der Waals surface area contributed by atoms with E-state index in [0.717, 1.165) is 6.26 Å². The van der Waals surface area contributed by atoms with Crippen LogP contribution in [0.3, 0.4) is 0 Å². The Morgan fingerprint density at radius 2 is 1.76 bits per heavy atom. The van der Waals surface area contributed by atoms with Gasteiger partial charge in [-0.1, -0.05) is 11.6 Å². The lowest BCUT2D eigenvalue weighted by Gasteiger charge is -2.09. The lowest BCUT2D eigenvalue weighted by atomic mass is 10.2. The number of rotatable bonds is 4. The van der Waals surface area contributed by atoms with Crippen molar-refractivity contribution in [2.24, 2.45) is 0 Å². The molecule has 0 heterocycles. The zero-order chi connectivity index (χ0) is 15.6. The molecule has 0 atom stereocenters. The van der Waals surface area contributed by atoms with Crippen molar-refractivity contribution < 1.29 is 23.1 Å². The number of hydrogen-bond donors (Lipinski definition) is 1. The van der Waals surface area contributed by atoms with Crippen LogP contribution in [0.25, 0.3) is 0 Å². The number of carbonyl (C=O) groups is 1. The van der Waals surface area contributed by atoms with Crippen molar-refractivity contribution in [3.05, 3.63) is 53.1 Å². The van der Waals surface area contributed by atoms with Crippen molar-refractivity contribution in [1.82, 2.24) is 0 Å². The van der Waals surface area contributed by atoms with Gasteiger partial charge in [-0.05, 0) is 36.4 Å². The Balaban J connectivity index is 2.34. The zero-order valence-electron chi connectivity index (χ0n) is 10.9. The van der Waals surface area contributed by atoms with Crippen molar-refractivity contribution in [1.29, 1.82) is 0 Å². The number of aromatic carboxylic acids is 1. The Labute approximate surface area is 126 Å². The van der Waals surface area contributed by atoms with Crippen LogP contribution >= 0.6 is 11.6 Å². The third kappa shape index (κ3) is 3.74. The number of benzene rings is 2. The number of sulfone groups is 1. The second-order valence-corrected chi connectivity index (χ2v) is 6.74. The average molecular weight is 327 g/mol. The van der Waals surface area contributed by atoms with Crippen molar-refractivity contribution >= 4 is 27.4 Å². The molecule has 0 amide bonds. The predicted molar refractivity (Wildman–Crippen MR) is 78.0 cm³/mol. The maximum atomic E-state index is 11.4. The maximum Gasteiger partial charge on any atom is 0.339 e. The molecule has 0 aromatic heterocycles. The van der Waals surface area contributed by atoms with E-state index in [9.17, 15) is 13.2 Å². The predicted octanol–water partition coefficient (Wildman–Crippen LogP) is 3.23. The molecule has 0 unspecified atom stereocenters. The number of carboxylic acids is 1. The molecule has 0 aliphatic rings. The largest absolute Gasteiger partial charge is 0.478 e. The first-order chi connectivity index (χ1) is 9.77. The maximum absolute atomic E-state index is 11.4. The third-order valence-electron chi connectivity index (χ3n) is 2.65. The van der Waals surface area contributed by atoms with Gasteiger partial charge in [0.15, 0.2) is 9.84 Å². The molecule has 0 saturated carbocycles. The summed E-state index contributed by atoms with van der Waals surface area (Å²) in [6.07, 6.45) is 1.10. The molecular weight excluding hydrogens is 316 g/mol. The number of carboxylic acid groups (broad SMARTS) is 1. The average Bonchev–Trinajstić information content (AvgIpc) is 2.38. The summed E-state index contributed by atoms with van der Waals surface area (Å²) in [7, 11) is -3.29. The van der Waals surface area contributed by atoms with Crippen LogP contribution < -0.4 is 4.74 Å². The SMILES string of the molecule is CS(=O)(=O)c1ccc(Oc2cc(Cl)ccc2C(=O)O)cc1. The Hall–Kier alpha value is -2.05. The van der Waals surface area contributed by atoms with Gasteiger partial charge in [0.05, 0.1) is 4.90 Å². The van der Waals surface area contributed by atoms with Crippen LogP contribution in [0.5, 0.6) is 11.5 Å². The quantitative estimate of drug-likeness (QED) is 0.932. The van der Waals surface area contributed by atoms with Crippen LogP contribution in [0.4, 0.5) is 0 Å².